The lowest BCUT2D eigenvalue weighted by Crippen LogP contribution is -2.03. The molecule has 1 rings (SSSR count). The molecule has 3 heteroatoms. The summed E-state index contributed by atoms with van der Waals surface area (Å²) in [7, 11) is 1.66. The summed E-state index contributed by atoms with van der Waals surface area (Å²) < 4.78 is 5.49. The second-order valence-electron chi connectivity index (χ2n) is 4.58. The van der Waals surface area contributed by atoms with Gasteiger partial charge in [0.1, 0.15) is 12.0 Å². The third kappa shape index (κ3) is 3.22. The topological polar surface area (TPSA) is 26.3 Å². The first kappa shape index (κ1) is 14.0. The van der Waals surface area contributed by atoms with Gasteiger partial charge in [-0.05, 0) is 35.1 Å². The van der Waals surface area contributed by atoms with E-state index in [-0.39, 0.29) is 5.92 Å². The number of benzene rings is 1. The minimum Gasteiger partial charge on any atom is -0.496 e. The predicted molar refractivity (Wildman–Crippen MR) is 71.2 cm³/mol. The van der Waals surface area contributed by atoms with Gasteiger partial charge in [0.25, 0.3) is 0 Å². The van der Waals surface area contributed by atoms with E-state index in [1.165, 1.54) is 0 Å². The van der Waals surface area contributed by atoms with E-state index >= 15 is 0 Å². The van der Waals surface area contributed by atoms with Crippen LogP contribution in [0.4, 0.5) is 0 Å². The Bertz CT molecular complexity index is 399. The molecule has 0 N–H and O–H groups in total. The Morgan fingerprint density at radius 1 is 1.29 bits per heavy atom. The number of hydrogen-bond acceptors (Lipinski definition) is 2. The number of carbonyl (C=O) groups excluding carboxylic acids is 1. The van der Waals surface area contributed by atoms with Crippen LogP contribution < -0.4 is 4.74 Å². The molecule has 1 aromatic rings. The van der Waals surface area contributed by atoms with E-state index in [2.05, 4.69) is 13.8 Å². The molecule has 0 fully saturated rings. The third-order valence-corrected chi connectivity index (χ3v) is 3.14. The summed E-state index contributed by atoms with van der Waals surface area (Å²) in [5.74, 6) is 1.32. The van der Waals surface area contributed by atoms with Crippen molar-refractivity contribution in [2.45, 2.75) is 39.0 Å². The molecule has 0 saturated heterocycles. The molecule has 0 aliphatic rings. The fraction of sp³-hybridized carbons (Fsp3) is 0.500. The summed E-state index contributed by atoms with van der Waals surface area (Å²) in [6, 6.07) is 3.82. The maximum absolute atomic E-state index is 10.6. The van der Waals surface area contributed by atoms with Gasteiger partial charge in [-0.3, -0.25) is 0 Å². The zero-order chi connectivity index (χ0) is 13.0. The number of methoxy groups -OCH3 is 1. The van der Waals surface area contributed by atoms with Gasteiger partial charge in [0.2, 0.25) is 0 Å². The SMILES string of the molecule is COc1c(C(C)C)cc(Cl)cc1C(C)CC=O. The quantitative estimate of drug-likeness (QED) is 0.738. The van der Waals surface area contributed by atoms with Gasteiger partial charge in [-0.2, -0.15) is 0 Å². The second kappa shape index (κ2) is 6.06. The number of halogens is 1. The van der Waals surface area contributed by atoms with Gasteiger partial charge >= 0.3 is 0 Å². The maximum Gasteiger partial charge on any atom is 0.125 e. The average Bonchev–Trinajstić information content (AvgIpc) is 2.28. The van der Waals surface area contributed by atoms with Gasteiger partial charge in [0.15, 0.2) is 0 Å². The molecule has 0 amide bonds. The van der Waals surface area contributed by atoms with Crippen LogP contribution in [-0.4, -0.2) is 13.4 Å². The zero-order valence-corrected chi connectivity index (χ0v) is 11.5. The van der Waals surface area contributed by atoms with E-state index in [0.717, 1.165) is 23.2 Å². The van der Waals surface area contributed by atoms with E-state index in [4.69, 9.17) is 16.3 Å². The lowest BCUT2D eigenvalue weighted by Gasteiger charge is -2.19. The Balaban J connectivity index is 3.32. The van der Waals surface area contributed by atoms with Crippen molar-refractivity contribution < 1.29 is 9.53 Å². The summed E-state index contributed by atoms with van der Waals surface area (Å²) in [5, 5.41) is 0.697. The highest BCUT2D eigenvalue weighted by Gasteiger charge is 2.17. The van der Waals surface area contributed by atoms with Crippen molar-refractivity contribution in [1.29, 1.82) is 0 Å². The van der Waals surface area contributed by atoms with Gasteiger partial charge in [-0.1, -0.05) is 32.4 Å². The smallest absolute Gasteiger partial charge is 0.125 e. The predicted octanol–water partition coefficient (Wildman–Crippen LogP) is 4.16. The van der Waals surface area contributed by atoms with Crippen LogP contribution in [0.1, 0.15) is 50.2 Å². The molecule has 0 aromatic heterocycles. The lowest BCUT2D eigenvalue weighted by atomic mass is 9.91. The minimum absolute atomic E-state index is 0.124. The van der Waals surface area contributed by atoms with Crippen molar-refractivity contribution in [2.24, 2.45) is 0 Å². The average molecular weight is 255 g/mol. The van der Waals surface area contributed by atoms with Crippen molar-refractivity contribution in [3.8, 4) is 5.75 Å². The summed E-state index contributed by atoms with van der Waals surface area (Å²) in [6.45, 7) is 6.21. The van der Waals surface area contributed by atoms with Crippen LogP contribution >= 0.6 is 11.6 Å². The van der Waals surface area contributed by atoms with Crippen molar-refractivity contribution in [3.05, 3.63) is 28.3 Å². The molecule has 94 valence electrons. The third-order valence-electron chi connectivity index (χ3n) is 2.92. The fourth-order valence-electron chi connectivity index (χ4n) is 1.94. The molecule has 1 unspecified atom stereocenters. The maximum atomic E-state index is 10.6. The van der Waals surface area contributed by atoms with Crippen molar-refractivity contribution >= 4 is 17.9 Å². The van der Waals surface area contributed by atoms with Gasteiger partial charge in [0, 0.05) is 11.4 Å². The zero-order valence-electron chi connectivity index (χ0n) is 10.8. The van der Waals surface area contributed by atoms with Crippen LogP contribution in [0.15, 0.2) is 12.1 Å². The molecule has 0 spiro atoms. The summed E-state index contributed by atoms with van der Waals surface area (Å²) in [4.78, 5) is 10.6. The molecule has 0 bridgehead atoms. The van der Waals surface area contributed by atoms with E-state index < -0.39 is 0 Å². The molecule has 0 aliphatic heterocycles. The highest BCUT2D eigenvalue weighted by atomic mass is 35.5. The summed E-state index contributed by atoms with van der Waals surface area (Å²) in [5.41, 5.74) is 2.10. The molecular weight excluding hydrogens is 236 g/mol. The van der Waals surface area contributed by atoms with Crippen molar-refractivity contribution in [1.82, 2.24) is 0 Å². The largest absolute Gasteiger partial charge is 0.496 e. The van der Waals surface area contributed by atoms with Gasteiger partial charge in [0.05, 0.1) is 7.11 Å². The van der Waals surface area contributed by atoms with E-state index in [1.54, 1.807) is 7.11 Å². The first-order valence-corrected chi connectivity index (χ1v) is 6.20. The molecule has 0 heterocycles. The van der Waals surface area contributed by atoms with Crippen LogP contribution in [0.3, 0.4) is 0 Å². The fourth-order valence-corrected chi connectivity index (χ4v) is 2.17. The Hall–Kier alpha value is -1.02. The standard InChI is InChI=1S/C14H19ClO2/c1-9(2)12-7-11(15)8-13(14(12)17-4)10(3)5-6-16/h6-10H,5H2,1-4H3. The molecule has 0 saturated carbocycles. The number of rotatable bonds is 5. The molecule has 17 heavy (non-hydrogen) atoms. The van der Waals surface area contributed by atoms with Crippen LogP contribution in [0, 0.1) is 0 Å². The molecule has 0 radical (unpaired) electrons. The van der Waals surface area contributed by atoms with Crippen molar-refractivity contribution in [2.75, 3.05) is 7.11 Å². The number of aldehydes is 1. The number of hydrogen-bond donors (Lipinski definition) is 0. The summed E-state index contributed by atoms with van der Waals surface area (Å²) >= 11 is 6.12. The monoisotopic (exact) mass is 254 g/mol. The van der Waals surface area contributed by atoms with E-state index in [9.17, 15) is 4.79 Å². The Morgan fingerprint density at radius 3 is 2.35 bits per heavy atom. The molecule has 2 nitrogen and oxygen atoms in total. The van der Waals surface area contributed by atoms with Crippen LogP contribution in [0.2, 0.25) is 5.02 Å². The van der Waals surface area contributed by atoms with Crippen LogP contribution in [-0.2, 0) is 4.79 Å². The van der Waals surface area contributed by atoms with Gasteiger partial charge in [-0.15, -0.1) is 0 Å². The highest BCUT2D eigenvalue weighted by molar-refractivity contribution is 6.30. The Morgan fingerprint density at radius 2 is 1.88 bits per heavy atom. The number of ether oxygens (including phenoxy) is 1. The first-order valence-electron chi connectivity index (χ1n) is 5.82. The van der Waals surface area contributed by atoms with Crippen molar-refractivity contribution in [3.63, 3.8) is 0 Å². The van der Waals surface area contributed by atoms with Crippen LogP contribution in [0.5, 0.6) is 5.75 Å². The molecular formula is C14H19ClO2. The Kier molecular flexibility index (Phi) is 5.01. The minimum atomic E-state index is 0.124. The molecule has 0 aliphatic carbocycles. The van der Waals surface area contributed by atoms with Gasteiger partial charge in [-0.25, -0.2) is 0 Å². The lowest BCUT2D eigenvalue weighted by molar-refractivity contribution is -0.108. The highest BCUT2D eigenvalue weighted by Crippen LogP contribution is 2.37. The molecule has 1 aromatic carbocycles. The number of carbonyl (C=O) groups is 1. The molecule has 1 atom stereocenters. The summed E-state index contributed by atoms with van der Waals surface area (Å²) in [6.07, 6.45) is 1.41. The van der Waals surface area contributed by atoms with Gasteiger partial charge < -0.3 is 9.53 Å². The van der Waals surface area contributed by atoms with Crippen LogP contribution in [0.25, 0.3) is 0 Å². The normalized spacial score (nSPS) is 12.6. The van der Waals surface area contributed by atoms with E-state index in [1.807, 2.05) is 19.1 Å². The Labute approximate surface area is 108 Å². The second-order valence-corrected chi connectivity index (χ2v) is 5.01. The van der Waals surface area contributed by atoms with E-state index in [0.29, 0.717) is 17.4 Å². The first-order chi connectivity index (χ1) is 8.01.